The number of aromatic nitrogens is 2. The average Bonchev–Trinajstić information content (AvgIpc) is 3.44. The number of fused-ring (bicyclic) bond motifs is 1. The summed E-state index contributed by atoms with van der Waals surface area (Å²) in [5, 5.41) is 0.978. The second-order valence-electron chi connectivity index (χ2n) is 7.83. The number of rotatable bonds is 5. The summed E-state index contributed by atoms with van der Waals surface area (Å²) >= 11 is 0. The van der Waals surface area contributed by atoms with E-state index in [9.17, 15) is 17.6 Å². The molecule has 0 aliphatic carbocycles. The van der Waals surface area contributed by atoms with Crippen molar-refractivity contribution in [3.63, 3.8) is 0 Å². The number of nitrogens with zero attached hydrogens (tertiary/aromatic N) is 2. The summed E-state index contributed by atoms with van der Waals surface area (Å²) in [5.41, 5.74) is 2.95. The molecule has 2 aromatic heterocycles. The minimum Gasteiger partial charge on any atom is -0.445 e. The largest absolute Gasteiger partial charge is 0.445 e. The van der Waals surface area contributed by atoms with Crippen LogP contribution < -0.4 is 0 Å². The van der Waals surface area contributed by atoms with Crippen LogP contribution in [0.15, 0.2) is 89.7 Å². The fraction of sp³-hybridized carbons (Fsp3) is 0.0741. The molecule has 5 rings (SSSR count). The third kappa shape index (κ3) is 4.50. The molecule has 0 saturated carbocycles. The Morgan fingerprint density at radius 2 is 1.71 bits per heavy atom. The van der Waals surface area contributed by atoms with Crippen molar-refractivity contribution in [2.45, 2.75) is 12.7 Å². The molecular formula is C27H18F4N2O. The van der Waals surface area contributed by atoms with Crippen molar-refractivity contribution >= 4 is 23.1 Å². The fourth-order valence-electron chi connectivity index (χ4n) is 3.80. The molecule has 0 unspecified atom stereocenters. The molecule has 3 nitrogen and oxygen atoms in total. The summed E-state index contributed by atoms with van der Waals surface area (Å²) in [6, 6.07) is 19.3. The molecular weight excluding hydrogens is 444 g/mol. The van der Waals surface area contributed by atoms with E-state index in [4.69, 9.17) is 4.42 Å². The van der Waals surface area contributed by atoms with Gasteiger partial charge in [0.05, 0.1) is 17.8 Å². The Labute approximate surface area is 192 Å². The highest BCUT2D eigenvalue weighted by atomic mass is 19.4. The monoisotopic (exact) mass is 462 g/mol. The van der Waals surface area contributed by atoms with Crippen molar-refractivity contribution in [2.24, 2.45) is 0 Å². The quantitative estimate of drug-likeness (QED) is 0.251. The van der Waals surface area contributed by atoms with Gasteiger partial charge in [0.25, 0.3) is 0 Å². The Hall–Kier alpha value is -4.13. The number of oxazole rings is 1. The molecule has 170 valence electrons. The molecule has 3 aromatic carbocycles. The molecule has 0 N–H and O–H groups in total. The van der Waals surface area contributed by atoms with E-state index >= 15 is 0 Å². The predicted molar refractivity (Wildman–Crippen MR) is 123 cm³/mol. The fourth-order valence-corrected chi connectivity index (χ4v) is 3.80. The van der Waals surface area contributed by atoms with Gasteiger partial charge in [-0.2, -0.15) is 13.2 Å². The number of hydrogen-bond acceptors (Lipinski definition) is 2. The predicted octanol–water partition coefficient (Wildman–Crippen LogP) is 7.67. The Kier molecular flexibility index (Phi) is 5.53. The zero-order chi connectivity index (χ0) is 23.7. The summed E-state index contributed by atoms with van der Waals surface area (Å²) in [7, 11) is 0. The number of benzene rings is 3. The van der Waals surface area contributed by atoms with Crippen LogP contribution in [0.5, 0.6) is 0 Å². The second kappa shape index (κ2) is 8.67. The number of hydrogen-bond donors (Lipinski definition) is 0. The zero-order valence-corrected chi connectivity index (χ0v) is 17.8. The Bertz CT molecular complexity index is 1480. The van der Waals surface area contributed by atoms with E-state index in [0.717, 1.165) is 28.6 Å². The standard InChI is InChI=1S/C27H18F4N2O/c28-24-4-2-1-3-23(24)19-8-11-25-20(15-19)13-14-33(25)16-22-17-34-26(32-22)12-7-18-5-9-21(10-6-18)27(29,30)31/h1-15,17H,16H2/b12-7+. The molecule has 0 radical (unpaired) electrons. The van der Waals surface area contributed by atoms with Gasteiger partial charge in [0.1, 0.15) is 12.1 Å². The summed E-state index contributed by atoms with van der Waals surface area (Å²) in [4.78, 5) is 4.44. The van der Waals surface area contributed by atoms with Gasteiger partial charge in [-0.05, 0) is 53.6 Å². The van der Waals surface area contributed by atoms with E-state index in [1.807, 2.05) is 41.1 Å². The Morgan fingerprint density at radius 1 is 0.912 bits per heavy atom. The van der Waals surface area contributed by atoms with Gasteiger partial charge in [0.15, 0.2) is 0 Å². The van der Waals surface area contributed by atoms with Crippen LogP contribution in [0.2, 0.25) is 0 Å². The van der Waals surface area contributed by atoms with E-state index in [1.54, 1.807) is 30.5 Å². The third-order valence-corrected chi connectivity index (χ3v) is 5.51. The normalized spacial score (nSPS) is 12.1. The molecule has 34 heavy (non-hydrogen) atoms. The van der Waals surface area contributed by atoms with Gasteiger partial charge in [-0.15, -0.1) is 0 Å². The van der Waals surface area contributed by atoms with Gasteiger partial charge in [0.2, 0.25) is 5.89 Å². The average molecular weight is 462 g/mol. The third-order valence-electron chi connectivity index (χ3n) is 5.51. The van der Waals surface area contributed by atoms with E-state index < -0.39 is 11.7 Å². The van der Waals surface area contributed by atoms with Crippen molar-refractivity contribution in [3.8, 4) is 11.1 Å². The van der Waals surface area contributed by atoms with Crippen LogP contribution >= 0.6 is 0 Å². The molecule has 0 bridgehead atoms. The first-order valence-electron chi connectivity index (χ1n) is 10.5. The molecule has 0 fully saturated rings. The lowest BCUT2D eigenvalue weighted by molar-refractivity contribution is -0.137. The maximum atomic E-state index is 14.1. The maximum absolute atomic E-state index is 14.1. The van der Waals surface area contributed by atoms with E-state index in [2.05, 4.69) is 4.98 Å². The maximum Gasteiger partial charge on any atom is 0.416 e. The van der Waals surface area contributed by atoms with Gasteiger partial charge in [-0.25, -0.2) is 9.37 Å². The molecule has 7 heteroatoms. The van der Waals surface area contributed by atoms with Crippen LogP contribution in [0.1, 0.15) is 22.7 Å². The Balaban J connectivity index is 1.31. The van der Waals surface area contributed by atoms with Crippen molar-refractivity contribution in [2.75, 3.05) is 0 Å². The first kappa shape index (κ1) is 21.7. The molecule has 5 aromatic rings. The minimum absolute atomic E-state index is 0.263. The molecule has 0 spiro atoms. The lowest BCUT2D eigenvalue weighted by Gasteiger charge is -2.06. The first-order chi connectivity index (χ1) is 16.4. The first-order valence-corrected chi connectivity index (χ1v) is 10.5. The van der Waals surface area contributed by atoms with Crippen LogP contribution in [-0.4, -0.2) is 9.55 Å². The van der Waals surface area contributed by atoms with Crippen LogP contribution in [-0.2, 0) is 12.7 Å². The van der Waals surface area contributed by atoms with Crippen LogP contribution in [0.25, 0.3) is 34.2 Å². The van der Waals surface area contributed by atoms with E-state index in [0.29, 0.717) is 29.3 Å². The lowest BCUT2D eigenvalue weighted by atomic mass is 10.0. The SMILES string of the molecule is Fc1ccccc1-c1ccc2c(ccn2Cc2coc(/C=C/c3ccc(C(F)(F)F)cc3)n2)c1. The molecule has 0 aliphatic heterocycles. The lowest BCUT2D eigenvalue weighted by Crippen LogP contribution is -2.03. The van der Waals surface area contributed by atoms with Gasteiger partial charge in [-0.3, -0.25) is 0 Å². The van der Waals surface area contributed by atoms with Crippen LogP contribution in [0.3, 0.4) is 0 Å². The highest BCUT2D eigenvalue weighted by Crippen LogP contribution is 2.30. The molecule has 0 aliphatic rings. The van der Waals surface area contributed by atoms with Gasteiger partial charge in [0, 0.05) is 28.7 Å². The Morgan fingerprint density at radius 3 is 2.47 bits per heavy atom. The van der Waals surface area contributed by atoms with Crippen LogP contribution in [0.4, 0.5) is 17.6 Å². The molecule has 0 atom stereocenters. The van der Waals surface area contributed by atoms with Gasteiger partial charge in [-0.1, -0.05) is 36.4 Å². The summed E-state index contributed by atoms with van der Waals surface area (Å²) in [6.45, 7) is 0.472. The second-order valence-corrected chi connectivity index (χ2v) is 7.83. The van der Waals surface area contributed by atoms with Crippen LogP contribution in [0, 0.1) is 5.82 Å². The molecule has 0 saturated heterocycles. The number of alkyl halides is 3. The number of halogens is 4. The summed E-state index contributed by atoms with van der Waals surface area (Å²) in [5.74, 6) is 0.0916. The van der Waals surface area contributed by atoms with E-state index in [1.165, 1.54) is 18.2 Å². The molecule has 0 amide bonds. The highest BCUT2D eigenvalue weighted by Gasteiger charge is 2.29. The van der Waals surface area contributed by atoms with E-state index in [-0.39, 0.29) is 5.82 Å². The topological polar surface area (TPSA) is 31.0 Å². The zero-order valence-electron chi connectivity index (χ0n) is 17.8. The van der Waals surface area contributed by atoms with Crippen molar-refractivity contribution in [1.82, 2.24) is 9.55 Å². The summed E-state index contributed by atoms with van der Waals surface area (Å²) in [6.07, 6.45) is 2.38. The molecule has 2 heterocycles. The van der Waals surface area contributed by atoms with Gasteiger partial charge >= 0.3 is 6.18 Å². The highest BCUT2D eigenvalue weighted by molar-refractivity contribution is 5.85. The summed E-state index contributed by atoms with van der Waals surface area (Å²) < 4.78 is 59.7. The van der Waals surface area contributed by atoms with Crippen molar-refractivity contribution in [3.05, 3.63) is 114 Å². The van der Waals surface area contributed by atoms with Crippen molar-refractivity contribution < 1.29 is 22.0 Å². The van der Waals surface area contributed by atoms with Gasteiger partial charge < -0.3 is 8.98 Å². The smallest absolute Gasteiger partial charge is 0.416 e. The van der Waals surface area contributed by atoms with Crippen molar-refractivity contribution in [1.29, 1.82) is 0 Å². The minimum atomic E-state index is -4.36.